The lowest BCUT2D eigenvalue weighted by Gasteiger charge is -2.44. The number of benzene rings is 5. The second-order valence-corrected chi connectivity index (χ2v) is 15.2. The van der Waals surface area contributed by atoms with Crippen molar-refractivity contribution in [2.24, 2.45) is 0 Å². The molecule has 0 bridgehead atoms. The number of imide groups is 2. The number of hydrogen-bond donors (Lipinski definition) is 1. The molecule has 5 aromatic rings. The summed E-state index contributed by atoms with van der Waals surface area (Å²) < 4.78 is 12.2. The molecule has 0 aromatic heterocycles. The normalized spacial score (nSPS) is 18.7. The third kappa shape index (κ3) is 6.76. The van der Waals surface area contributed by atoms with Gasteiger partial charge in [-0.2, -0.15) is 0 Å². The maximum Gasteiger partial charge on any atom is 0.335 e. The molecule has 1 N–H and O–H groups in total. The van der Waals surface area contributed by atoms with Gasteiger partial charge >= 0.3 is 6.03 Å². The number of urea groups is 1. The first-order valence-corrected chi connectivity index (χ1v) is 19.1. The van der Waals surface area contributed by atoms with Crippen molar-refractivity contribution in [3.63, 3.8) is 0 Å². The van der Waals surface area contributed by atoms with Crippen LogP contribution in [-0.2, 0) is 16.2 Å². The molecule has 1 fully saturated rings. The molecule has 4 amide bonds. The number of halogens is 3. The number of barbiturate groups is 1. The van der Waals surface area contributed by atoms with E-state index < -0.39 is 17.8 Å². The standard InChI is InChI=1S/C43H34BrCl2N3O5/c1-53-38-20-25(19-36(44)40(38)54-24-28-12-13-29(45)21-37(28)46)18-35-41(50)47-43(52)49(42(35)51)30-22-33-31(26-8-4-2-5-9-26)14-16-48-17-15-32(34(23-30)39(33)48)27-10-6-3-7-11-27/h2-13,18-23,31-32H,14-17,24H2,1H3,(H,47,50,52)/b35-18+/t31-,32-/m1/s1. The molecule has 3 aliphatic heterocycles. The van der Waals surface area contributed by atoms with Crippen molar-refractivity contribution in [2.75, 3.05) is 30.0 Å². The van der Waals surface area contributed by atoms with E-state index in [0.717, 1.165) is 53.2 Å². The van der Waals surface area contributed by atoms with Crippen molar-refractivity contribution in [1.29, 1.82) is 0 Å². The number of hydrogen-bond acceptors (Lipinski definition) is 6. The smallest absolute Gasteiger partial charge is 0.335 e. The number of ether oxygens (including phenoxy) is 2. The van der Waals surface area contributed by atoms with Gasteiger partial charge in [0, 0.05) is 46.2 Å². The van der Waals surface area contributed by atoms with Gasteiger partial charge in [0.2, 0.25) is 0 Å². The summed E-state index contributed by atoms with van der Waals surface area (Å²) in [5, 5.41) is 3.40. The zero-order valence-corrected chi connectivity index (χ0v) is 32.2. The first-order chi connectivity index (χ1) is 26.2. The van der Waals surface area contributed by atoms with Crippen LogP contribution in [0.5, 0.6) is 11.5 Å². The van der Waals surface area contributed by atoms with E-state index in [-0.39, 0.29) is 24.0 Å². The van der Waals surface area contributed by atoms with Crippen molar-refractivity contribution in [3.05, 3.63) is 157 Å². The topological polar surface area (TPSA) is 88.2 Å². The van der Waals surface area contributed by atoms with Crippen molar-refractivity contribution < 1.29 is 23.9 Å². The summed E-state index contributed by atoms with van der Waals surface area (Å²) in [5.74, 6) is -0.628. The van der Waals surface area contributed by atoms with Gasteiger partial charge in [-0.05, 0) is 99.1 Å². The molecule has 3 heterocycles. The van der Waals surface area contributed by atoms with Gasteiger partial charge in [-0.15, -0.1) is 0 Å². The van der Waals surface area contributed by atoms with Gasteiger partial charge in [-0.25, -0.2) is 9.69 Å². The Labute approximate surface area is 331 Å². The number of amides is 4. The third-order valence-electron chi connectivity index (χ3n) is 10.3. The van der Waals surface area contributed by atoms with E-state index >= 15 is 0 Å². The molecule has 2 atom stereocenters. The average Bonchev–Trinajstić information content (AvgIpc) is 3.17. The zero-order valence-electron chi connectivity index (χ0n) is 29.2. The molecule has 8 nitrogen and oxygen atoms in total. The lowest BCUT2D eigenvalue weighted by molar-refractivity contribution is -0.122. The number of nitrogens with one attached hydrogen (secondary N) is 1. The highest BCUT2D eigenvalue weighted by atomic mass is 79.9. The molecular weight excluding hydrogens is 789 g/mol. The summed E-state index contributed by atoms with van der Waals surface area (Å²) in [6.07, 6.45) is 3.24. The highest BCUT2D eigenvalue weighted by Crippen LogP contribution is 2.50. The fourth-order valence-electron chi connectivity index (χ4n) is 7.78. The summed E-state index contributed by atoms with van der Waals surface area (Å²) in [5.41, 5.74) is 7.06. The SMILES string of the molecule is COc1cc(/C=C2\C(=O)NC(=O)N(c3cc4c5c(c3)[C@@H](c3ccccc3)CCN5CC[C@@H]4c3ccccc3)C2=O)cc(Br)c1OCc1ccc(Cl)cc1Cl. The number of carbonyl (C=O) groups is 3. The van der Waals surface area contributed by atoms with Gasteiger partial charge in [-0.3, -0.25) is 14.9 Å². The van der Waals surface area contributed by atoms with Crippen LogP contribution in [0.25, 0.3) is 6.08 Å². The molecule has 272 valence electrons. The van der Waals surface area contributed by atoms with Gasteiger partial charge in [0.15, 0.2) is 11.5 Å². The Balaban J connectivity index is 1.18. The lowest BCUT2D eigenvalue weighted by atomic mass is 9.76. The molecule has 0 saturated carbocycles. The Morgan fingerprint density at radius 1 is 0.833 bits per heavy atom. The number of anilines is 2. The minimum Gasteiger partial charge on any atom is -0.493 e. The predicted molar refractivity (Wildman–Crippen MR) is 215 cm³/mol. The summed E-state index contributed by atoms with van der Waals surface area (Å²) >= 11 is 16.0. The summed E-state index contributed by atoms with van der Waals surface area (Å²) in [6.45, 7) is 1.95. The Bertz CT molecular complexity index is 2260. The maximum atomic E-state index is 14.4. The van der Waals surface area contributed by atoms with Crippen LogP contribution in [0.4, 0.5) is 16.2 Å². The quantitative estimate of drug-likeness (QED) is 0.124. The largest absolute Gasteiger partial charge is 0.493 e. The molecule has 0 unspecified atom stereocenters. The van der Waals surface area contributed by atoms with Crippen LogP contribution in [0.3, 0.4) is 0 Å². The molecule has 0 aliphatic carbocycles. The number of carbonyl (C=O) groups excluding carboxylic acids is 3. The molecule has 8 rings (SSSR count). The van der Waals surface area contributed by atoms with Gasteiger partial charge in [0.05, 0.1) is 17.3 Å². The van der Waals surface area contributed by atoms with Gasteiger partial charge in [-0.1, -0.05) is 89.9 Å². The predicted octanol–water partition coefficient (Wildman–Crippen LogP) is 9.89. The van der Waals surface area contributed by atoms with Gasteiger partial charge in [0.1, 0.15) is 12.2 Å². The summed E-state index contributed by atoms with van der Waals surface area (Å²) in [7, 11) is 1.49. The van der Waals surface area contributed by atoms with Crippen molar-refractivity contribution in [3.8, 4) is 11.5 Å². The highest BCUT2D eigenvalue weighted by Gasteiger charge is 2.40. The molecule has 0 radical (unpaired) electrons. The first-order valence-electron chi connectivity index (χ1n) is 17.6. The van der Waals surface area contributed by atoms with Crippen LogP contribution < -0.4 is 24.6 Å². The van der Waals surface area contributed by atoms with E-state index in [9.17, 15) is 14.4 Å². The van der Waals surface area contributed by atoms with Crippen LogP contribution in [0, 0.1) is 0 Å². The summed E-state index contributed by atoms with van der Waals surface area (Å²) in [4.78, 5) is 44.9. The molecule has 0 spiro atoms. The monoisotopic (exact) mass is 821 g/mol. The highest BCUT2D eigenvalue weighted by molar-refractivity contribution is 9.10. The van der Waals surface area contributed by atoms with E-state index in [1.54, 1.807) is 30.3 Å². The van der Waals surface area contributed by atoms with Crippen LogP contribution in [0.15, 0.2) is 113 Å². The van der Waals surface area contributed by atoms with E-state index in [4.69, 9.17) is 32.7 Å². The third-order valence-corrected chi connectivity index (χ3v) is 11.5. The minimum absolute atomic E-state index is 0.0616. The molecule has 1 saturated heterocycles. The van der Waals surface area contributed by atoms with Crippen LogP contribution >= 0.6 is 39.1 Å². The number of nitrogens with zero attached hydrogens (tertiary/aromatic N) is 2. The molecular formula is C43H34BrCl2N3O5. The van der Waals surface area contributed by atoms with E-state index in [0.29, 0.717) is 37.3 Å². The van der Waals surface area contributed by atoms with Crippen LogP contribution in [0.2, 0.25) is 10.0 Å². The number of rotatable bonds is 8. The Kier molecular flexibility index (Phi) is 9.96. The Morgan fingerprint density at radius 2 is 1.46 bits per heavy atom. The van der Waals surface area contributed by atoms with Gasteiger partial charge in [0.25, 0.3) is 11.8 Å². The van der Waals surface area contributed by atoms with Crippen LogP contribution in [-0.4, -0.2) is 38.0 Å². The average molecular weight is 824 g/mol. The molecule has 5 aromatic carbocycles. The molecule has 3 aliphatic rings. The second-order valence-electron chi connectivity index (χ2n) is 13.5. The lowest BCUT2D eigenvalue weighted by Crippen LogP contribution is -2.54. The Morgan fingerprint density at radius 3 is 2.06 bits per heavy atom. The Hall–Kier alpha value is -5.09. The van der Waals surface area contributed by atoms with Crippen molar-refractivity contribution in [2.45, 2.75) is 31.3 Å². The van der Waals surface area contributed by atoms with Crippen molar-refractivity contribution in [1.82, 2.24) is 5.32 Å². The maximum absolute atomic E-state index is 14.4. The zero-order chi connectivity index (χ0) is 37.5. The van der Waals surface area contributed by atoms with Crippen LogP contribution in [0.1, 0.15) is 58.1 Å². The van der Waals surface area contributed by atoms with E-state index in [1.807, 2.05) is 48.5 Å². The fraction of sp³-hybridized carbons (Fsp3) is 0.186. The van der Waals surface area contributed by atoms with Gasteiger partial charge < -0.3 is 14.4 Å². The first kappa shape index (κ1) is 35.9. The van der Waals surface area contributed by atoms with E-state index in [1.165, 1.54) is 24.3 Å². The summed E-state index contributed by atoms with van der Waals surface area (Å²) in [6, 6.07) is 32.3. The second kappa shape index (κ2) is 15.0. The van der Waals surface area contributed by atoms with Crippen molar-refractivity contribution >= 4 is 74.4 Å². The fourth-order valence-corrected chi connectivity index (χ4v) is 8.82. The molecule has 11 heteroatoms. The number of methoxy groups -OCH3 is 1. The van der Waals surface area contributed by atoms with E-state index in [2.05, 4.69) is 50.4 Å². The minimum atomic E-state index is -0.798. The molecule has 54 heavy (non-hydrogen) atoms.